The molecule has 3 aromatic rings. The lowest BCUT2D eigenvalue weighted by Gasteiger charge is -2.07. The molecule has 4 nitrogen and oxygen atoms in total. The fraction of sp³-hybridized carbons (Fsp3) is 0.353. The molecule has 0 amide bonds. The molecule has 0 atom stereocenters. The quantitative estimate of drug-likeness (QED) is 0.700. The van der Waals surface area contributed by atoms with E-state index < -0.39 is 11.9 Å². The molecule has 0 fully saturated rings. The van der Waals surface area contributed by atoms with Gasteiger partial charge >= 0.3 is 6.18 Å². The Bertz CT molecular complexity index is 845. The summed E-state index contributed by atoms with van der Waals surface area (Å²) in [5.74, 6) is 0. The maximum absolute atomic E-state index is 12.9. The molecule has 24 heavy (non-hydrogen) atoms. The van der Waals surface area contributed by atoms with Crippen molar-refractivity contribution in [3.05, 3.63) is 53.0 Å². The molecule has 1 aromatic carbocycles. The minimum absolute atomic E-state index is 0.143. The van der Waals surface area contributed by atoms with Gasteiger partial charge in [-0.2, -0.15) is 18.3 Å². The van der Waals surface area contributed by atoms with E-state index in [1.165, 1.54) is 23.5 Å². The first-order chi connectivity index (χ1) is 11.3. The number of aryl methyl sites for hydroxylation is 2. The van der Waals surface area contributed by atoms with Crippen LogP contribution in [0.15, 0.2) is 30.6 Å². The van der Waals surface area contributed by atoms with Crippen LogP contribution in [-0.4, -0.2) is 21.3 Å². The van der Waals surface area contributed by atoms with Crippen LogP contribution in [0.4, 0.5) is 13.2 Å². The zero-order valence-corrected chi connectivity index (χ0v) is 13.5. The smallest absolute Gasteiger partial charge is 0.361 e. The Morgan fingerprint density at radius 2 is 2.04 bits per heavy atom. The maximum atomic E-state index is 12.9. The van der Waals surface area contributed by atoms with E-state index in [0.717, 1.165) is 22.9 Å². The summed E-state index contributed by atoms with van der Waals surface area (Å²) in [5, 5.41) is 7.73. The van der Waals surface area contributed by atoms with Gasteiger partial charge in [0.05, 0.1) is 0 Å². The van der Waals surface area contributed by atoms with Crippen LogP contribution >= 0.6 is 0 Å². The van der Waals surface area contributed by atoms with Crippen molar-refractivity contribution in [3.63, 3.8) is 0 Å². The van der Waals surface area contributed by atoms with Gasteiger partial charge in [0.2, 0.25) is 0 Å². The van der Waals surface area contributed by atoms with Gasteiger partial charge in [-0.15, -0.1) is 0 Å². The Morgan fingerprint density at radius 3 is 2.79 bits per heavy atom. The molecule has 0 saturated carbocycles. The van der Waals surface area contributed by atoms with Gasteiger partial charge in [0, 0.05) is 42.5 Å². The molecule has 0 spiro atoms. The van der Waals surface area contributed by atoms with Gasteiger partial charge in [-0.1, -0.05) is 12.1 Å². The number of aromatic nitrogens is 3. The normalized spacial score (nSPS) is 12.2. The molecule has 3 rings (SSSR count). The third-order valence-electron chi connectivity index (χ3n) is 3.98. The number of benzene rings is 1. The summed E-state index contributed by atoms with van der Waals surface area (Å²) in [5.41, 5.74) is 2.77. The summed E-state index contributed by atoms with van der Waals surface area (Å²) in [6, 6.07) is 6.20. The first kappa shape index (κ1) is 16.6. The molecule has 0 saturated heterocycles. The van der Waals surface area contributed by atoms with E-state index in [1.54, 1.807) is 0 Å². The van der Waals surface area contributed by atoms with Crippen molar-refractivity contribution in [3.8, 4) is 0 Å². The van der Waals surface area contributed by atoms with Gasteiger partial charge in [-0.25, -0.2) is 0 Å². The SMILES string of the molecule is Cc1ccc2c(CCNCc3cn(C)nc3C(F)(F)F)c[nH]c2c1. The molecule has 2 aromatic heterocycles. The molecule has 0 aliphatic rings. The highest BCUT2D eigenvalue weighted by Gasteiger charge is 2.36. The van der Waals surface area contributed by atoms with Crippen LogP contribution in [0.2, 0.25) is 0 Å². The van der Waals surface area contributed by atoms with Crippen molar-refractivity contribution in [2.24, 2.45) is 7.05 Å². The zero-order chi connectivity index (χ0) is 17.3. The Kier molecular flexibility index (Phi) is 4.36. The predicted octanol–water partition coefficient (Wildman–Crippen LogP) is 3.56. The van der Waals surface area contributed by atoms with Gasteiger partial charge in [-0.05, 0) is 37.1 Å². The molecule has 2 heterocycles. The third kappa shape index (κ3) is 3.46. The molecule has 128 valence electrons. The summed E-state index contributed by atoms with van der Waals surface area (Å²) in [4.78, 5) is 3.23. The zero-order valence-electron chi connectivity index (χ0n) is 13.5. The topological polar surface area (TPSA) is 45.6 Å². The summed E-state index contributed by atoms with van der Waals surface area (Å²) in [7, 11) is 1.49. The lowest BCUT2D eigenvalue weighted by molar-refractivity contribution is -0.142. The van der Waals surface area contributed by atoms with Crippen molar-refractivity contribution < 1.29 is 13.2 Å². The van der Waals surface area contributed by atoms with E-state index in [-0.39, 0.29) is 12.1 Å². The second kappa shape index (κ2) is 6.32. The number of H-pyrrole nitrogens is 1. The highest BCUT2D eigenvalue weighted by molar-refractivity contribution is 5.83. The van der Waals surface area contributed by atoms with Crippen molar-refractivity contribution in [1.29, 1.82) is 0 Å². The second-order valence-corrected chi connectivity index (χ2v) is 5.96. The van der Waals surface area contributed by atoms with E-state index >= 15 is 0 Å². The lowest BCUT2D eigenvalue weighted by Crippen LogP contribution is -2.19. The van der Waals surface area contributed by atoms with Gasteiger partial charge < -0.3 is 10.3 Å². The van der Waals surface area contributed by atoms with E-state index in [4.69, 9.17) is 0 Å². The molecule has 0 radical (unpaired) electrons. The highest BCUT2D eigenvalue weighted by Crippen LogP contribution is 2.30. The van der Waals surface area contributed by atoms with Crippen LogP contribution in [0.25, 0.3) is 10.9 Å². The number of hydrogen-bond donors (Lipinski definition) is 2. The number of rotatable bonds is 5. The molecule has 2 N–H and O–H groups in total. The average Bonchev–Trinajstić information content (AvgIpc) is 3.06. The van der Waals surface area contributed by atoms with Crippen molar-refractivity contribution in [1.82, 2.24) is 20.1 Å². The second-order valence-electron chi connectivity index (χ2n) is 5.96. The maximum Gasteiger partial charge on any atom is 0.435 e. The number of aromatic amines is 1. The summed E-state index contributed by atoms with van der Waals surface area (Å²) < 4.78 is 39.9. The van der Waals surface area contributed by atoms with E-state index in [9.17, 15) is 13.2 Å². The van der Waals surface area contributed by atoms with Crippen LogP contribution in [0.1, 0.15) is 22.4 Å². The predicted molar refractivity (Wildman–Crippen MR) is 86.7 cm³/mol. The number of fused-ring (bicyclic) bond motifs is 1. The van der Waals surface area contributed by atoms with E-state index in [2.05, 4.69) is 33.6 Å². The summed E-state index contributed by atoms with van der Waals surface area (Å²) in [6.07, 6.45) is -0.320. The number of nitrogens with zero attached hydrogens (tertiary/aromatic N) is 2. The first-order valence-electron chi connectivity index (χ1n) is 7.71. The number of hydrogen-bond acceptors (Lipinski definition) is 2. The lowest BCUT2D eigenvalue weighted by atomic mass is 10.1. The number of halogens is 3. The first-order valence-corrected chi connectivity index (χ1v) is 7.71. The third-order valence-corrected chi connectivity index (χ3v) is 3.98. The Labute approximate surface area is 137 Å². The molecule has 0 aliphatic heterocycles. The van der Waals surface area contributed by atoms with Crippen molar-refractivity contribution in [2.45, 2.75) is 26.1 Å². The van der Waals surface area contributed by atoms with E-state index in [0.29, 0.717) is 6.54 Å². The fourth-order valence-electron chi connectivity index (χ4n) is 2.86. The summed E-state index contributed by atoms with van der Waals surface area (Å²) in [6.45, 7) is 2.77. The Balaban J connectivity index is 1.61. The van der Waals surface area contributed by atoms with Crippen LogP contribution in [0.5, 0.6) is 0 Å². The average molecular weight is 336 g/mol. The molecular formula is C17H19F3N4. The highest BCUT2D eigenvalue weighted by atomic mass is 19.4. The Morgan fingerprint density at radius 1 is 1.25 bits per heavy atom. The van der Waals surface area contributed by atoms with Crippen LogP contribution < -0.4 is 5.32 Å². The fourth-order valence-corrected chi connectivity index (χ4v) is 2.86. The molecule has 0 unspecified atom stereocenters. The summed E-state index contributed by atoms with van der Waals surface area (Å²) >= 11 is 0. The molecule has 7 heteroatoms. The van der Waals surface area contributed by atoms with Crippen LogP contribution in [-0.2, 0) is 26.2 Å². The van der Waals surface area contributed by atoms with Gasteiger partial charge in [-0.3, -0.25) is 4.68 Å². The monoisotopic (exact) mass is 336 g/mol. The van der Waals surface area contributed by atoms with Crippen molar-refractivity contribution in [2.75, 3.05) is 6.54 Å². The van der Waals surface area contributed by atoms with Gasteiger partial charge in [0.1, 0.15) is 0 Å². The van der Waals surface area contributed by atoms with E-state index in [1.807, 2.05) is 13.1 Å². The molecule has 0 bridgehead atoms. The van der Waals surface area contributed by atoms with Crippen molar-refractivity contribution >= 4 is 10.9 Å². The molecule has 0 aliphatic carbocycles. The number of alkyl halides is 3. The number of nitrogens with one attached hydrogen (secondary N) is 2. The van der Waals surface area contributed by atoms with Gasteiger partial charge in [0.15, 0.2) is 5.69 Å². The minimum atomic E-state index is -4.42. The standard InChI is InChI=1S/C17H19F3N4/c1-11-3-4-14-12(9-22-15(14)7-11)5-6-21-8-13-10-24(2)23-16(13)17(18,19)20/h3-4,7,9-10,21-22H,5-6,8H2,1-2H3. The van der Waals surface area contributed by atoms with Crippen LogP contribution in [0, 0.1) is 6.92 Å². The molecular weight excluding hydrogens is 317 g/mol. The van der Waals surface area contributed by atoms with Crippen LogP contribution in [0.3, 0.4) is 0 Å². The van der Waals surface area contributed by atoms with Gasteiger partial charge in [0.25, 0.3) is 0 Å². The minimum Gasteiger partial charge on any atom is -0.361 e. The largest absolute Gasteiger partial charge is 0.435 e. The Hall–Kier alpha value is -2.28.